The molecule has 0 aliphatic carbocycles. The van der Waals surface area contributed by atoms with Gasteiger partial charge in [0.1, 0.15) is 11.5 Å². The lowest BCUT2D eigenvalue weighted by Crippen LogP contribution is -2.34. The fraction of sp³-hybridized carbons (Fsp3) is 0.217. The molecule has 0 aliphatic rings. The van der Waals surface area contributed by atoms with Gasteiger partial charge in [0, 0.05) is 5.56 Å². The van der Waals surface area contributed by atoms with Gasteiger partial charge in [-0.1, -0.05) is 35.9 Å². The van der Waals surface area contributed by atoms with Gasteiger partial charge in [0.05, 0.1) is 30.8 Å². The Morgan fingerprint density at radius 2 is 1.45 bits per heavy atom. The van der Waals surface area contributed by atoms with Crippen molar-refractivity contribution in [1.29, 1.82) is 0 Å². The minimum Gasteiger partial charge on any atom is -0.497 e. The molecule has 6 heteroatoms. The van der Waals surface area contributed by atoms with Crippen molar-refractivity contribution in [2.75, 3.05) is 18.5 Å². The number of ether oxygens (including phenoxy) is 2. The van der Waals surface area contributed by atoms with Crippen LogP contribution in [0.5, 0.6) is 11.5 Å². The van der Waals surface area contributed by atoms with Gasteiger partial charge in [-0.3, -0.25) is 4.31 Å². The average Bonchev–Trinajstić information content (AvgIpc) is 2.74. The normalized spacial score (nSPS) is 12.3. The second kappa shape index (κ2) is 8.57. The predicted octanol–water partition coefficient (Wildman–Crippen LogP) is 4.97. The number of rotatable bonds is 7. The lowest BCUT2D eigenvalue weighted by Gasteiger charge is -2.31. The van der Waals surface area contributed by atoms with Gasteiger partial charge in [0.15, 0.2) is 0 Å². The number of nitrogens with zero attached hydrogens (tertiary/aromatic N) is 1. The fourth-order valence-electron chi connectivity index (χ4n) is 3.26. The monoisotopic (exact) mass is 411 g/mol. The van der Waals surface area contributed by atoms with E-state index in [1.165, 1.54) is 4.31 Å². The zero-order chi connectivity index (χ0) is 21.0. The molecule has 0 heterocycles. The van der Waals surface area contributed by atoms with Gasteiger partial charge in [-0.2, -0.15) is 0 Å². The number of benzene rings is 3. The van der Waals surface area contributed by atoms with E-state index in [1.807, 2.05) is 38.1 Å². The molecule has 0 saturated carbocycles. The number of hydrogen-bond acceptors (Lipinski definition) is 4. The van der Waals surface area contributed by atoms with Crippen molar-refractivity contribution in [2.24, 2.45) is 0 Å². The van der Waals surface area contributed by atoms with Gasteiger partial charge in [-0.25, -0.2) is 8.42 Å². The number of anilines is 1. The van der Waals surface area contributed by atoms with E-state index in [4.69, 9.17) is 9.47 Å². The van der Waals surface area contributed by atoms with E-state index in [0.717, 1.165) is 11.1 Å². The van der Waals surface area contributed by atoms with Gasteiger partial charge in [-0.15, -0.1) is 0 Å². The van der Waals surface area contributed by atoms with Crippen molar-refractivity contribution in [3.63, 3.8) is 0 Å². The highest BCUT2D eigenvalue weighted by Gasteiger charge is 2.31. The first-order chi connectivity index (χ1) is 13.9. The molecule has 3 aromatic carbocycles. The standard InChI is InChI=1S/C23H25NO4S/c1-17-9-15-21(16-10-17)29(25,26)24(19-11-13-20(27-3)14-12-19)18(2)22-7-5-6-8-23(22)28-4/h5-16,18H,1-4H3/t18-/m0/s1. The first kappa shape index (κ1) is 20.7. The van der Waals surface area contributed by atoms with Crippen LogP contribution < -0.4 is 13.8 Å². The molecule has 1 atom stereocenters. The van der Waals surface area contributed by atoms with Crippen LogP contribution in [0.25, 0.3) is 0 Å². The maximum atomic E-state index is 13.7. The zero-order valence-corrected chi connectivity index (χ0v) is 17.8. The third-order valence-corrected chi connectivity index (χ3v) is 6.76. The third kappa shape index (κ3) is 4.22. The minimum absolute atomic E-state index is 0.237. The van der Waals surface area contributed by atoms with Crippen molar-refractivity contribution in [2.45, 2.75) is 24.8 Å². The van der Waals surface area contributed by atoms with Crippen LogP contribution in [0.4, 0.5) is 5.69 Å². The highest BCUT2D eigenvalue weighted by Crippen LogP contribution is 2.37. The Hall–Kier alpha value is -2.99. The molecule has 0 radical (unpaired) electrons. The quantitative estimate of drug-likeness (QED) is 0.551. The van der Waals surface area contributed by atoms with Crippen LogP contribution in [0.1, 0.15) is 24.1 Å². The Balaban J connectivity index is 2.16. The van der Waals surface area contributed by atoms with Crippen LogP contribution in [-0.2, 0) is 10.0 Å². The van der Waals surface area contributed by atoms with E-state index in [-0.39, 0.29) is 4.90 Å². The predicted molar refractivity (Wildman–Crippen MR) is 115 cm³/mol. The van der Waals surface area contributed by atoms with E-state index >= 15 is 0 Å². The van der Waals surface area contributed by atoms with Crippen molar-refractivity contribution < 1.29 is 17.9 Å². The fourth-order valence-corrected chi connectivity index (χ4v) is 4.90. The molecule has 0 spiro atoms. The molecule has 0 aliphatic heterocycles. The van der Waals surface area contributed by atoms with Crippen LogP contribution in [0.3, 0.4) is 0 Å². The number of methoxy groups -OCH3 is 2. The van der Waals surface area contributed by atoms with Crippen molar-refractivity contribution in [3.05, 3.63) is 83.9 Å². The first-order valence-electron chi connectivity index (χ1n) is 9.26. The summed E-state index contributed by atoms with van der Waals surface area (Å²) in [5.41, 5.74) is 2.32. The van der Waals surface area contributed by atoms with E-state index < -0.39 is 16.1 Å². The van der Waals surface area contributed by atoms with Crippen LogP contribution >= 0.6 is 0 Å². The van der Waals surface area contributed by atoms with Crippen LogP contribution in [-0.4, -0.2) is 22.6 Å². The molecule has 152 valence electrons. The molecule has 0 bridgehead atoms. The molecular formula is C23H25NO4S. The molecule has 0 N–H and O–H groups in total. The summed E-state index contributed by atoms with van der Waals surface area (Å²) in [6.45, 7) is 3.78. The van der Waals surface area contributed by atoms with Crippen molar-refractivity contribution in [1.82, 2.24) is 0 Å². The summed E-state index contributed by atoms with van der Waals surface area (Å²) in [7, 11) is -0.668. The molecular weight excluding hydrogens is 386 g/mol. The highest BCUT2D eigenvalue weighted by molar-refractivity contribution is 7.92. The van der Waals surface area contributed by atoms with Gasteiger partial charge < -0.3 is 9.47 Å². The summed E-state index contributed by atoms with van der Waals surface area (Å²) in [5.74, 6) is 1.30. The van der Waals surface area contributed by atoms with Gasteiger partial charge in [-0.05, 0) is 56.3 Å². The summed E-state index contributed by atoms with van der Waals surface area (Å²) in [5, 5.41) is 0. The van der Waals surface area contributed by atoms with Crippen molar-refractivity contribution >= 4 is 15.7 Å². The Kier molecular flexibility index (Phi) is 6.13. The number of para-hydroxylation sites is 1. The minimum atomic E-state index is -3.83. The SMILES string of the molecule is COc1ccc(N([C@@H](C)c2ccccc2OC)S(=O)(=O)c2ccc(C)cc2)cc1. The third-order valence-electron chi connectivity index (χ3n) is 4.85. The summed E-state index contributed by atoms with van der Waals surface area (Å²) >= 11 is 0. The number of hydrogen-bond donors (Lipinski definition) is 0. The molecule has 0 unspecified atom stereocenters. The Morgan fingerprint density at radius 1 is 0.828 bits per heavy atom. The lowest BCUT2D eigenvalue weighted by molar-refractivity contribution is 0.407. The van der Waals surface area contributed by atoms with E-state index in [1.54, 1.807) is 62.8 Å². The summed E-state index contributed by atoms with van der Waals surface area (Å²) < 4.78 is 39.5. The van der Waals surface area contributed by atoms with Gasteiger partial charge in [0.25, 0.3) is 10.0 Å². The Bertz CT molecular complexity index is 1060. The Morgan fingerprint density at radius 3 is 2.03 bits per heavy atom. The molecule has 0 amide bonds. The van der Waals surface area contributed by atoms with Crippen LogP contribution in [0.2, 0.25) is 0 Å². The van der Waals surface area contributed by atoms with E-state index in [2.05, 4.69) is 0 Å². The summed E-state index contributed by atoms with van der Waals surface area (Å²) in [6.07, 6.45) is 0. The second-order valence-electron chi connectivity index (χ2n) is 6.73. The molecule has 3 aromatic rings. The second-order valence-corrected chi connectivity index (χ2v) is 8.54. The van der Waals surface area contributed by atoms with Crippen LogP contribution in [0, 0.1) is 6.92 Å². The maximum Gasteiger partial charge on any atom is 0.264 e. The topological polar surface area (TPSA) is 55.8 Å². The first-order valence-corrected chi connectivity index (χ1v) is 10.7. The van der Waals surface area contributed by atoms with E-state index in [9.17, 15) is 8.42 Å². The average molecular weight is 412 g/mol. The Labute approximate surface area is 172 Å². The molecule has 0 fully saturated rings. The molecule has 0 aromatic heterocycles. The molecule has 29 heavy (non-hydrogen) atoms. The molecule has 3 rings (SSSR count). The van der Waals surface area contributed by atoms with E-state index in [0.29, 0.717) is 17.2 Å². The maximum absolute atomic E-state index is 13.7. The van der Waals surface area contributed by atoms with Gasteiger partial charge in [0.2, 0.25) is 0 Å². The summed E-state index contributed by atoms with van der Waals surface area (Å²) in [4.78, 5) is 0.237. The van der Waals surface area contributed by atoms with Crippen LogP contribution in [0.15, 0.2) is 77.7 Å². The summed E-state index contributed by atoms with van der Waals surface area (Å²) in [6, 6.07) is 20.8. The molecule has 5 nitrogen and oxygen atoms in total. The molecule has 0 saturated heterocycles. The number of aryl methyl sites for hydroxylation is 1. The largest absolute Gasteiger partial charge is 0.497 e. The lowest BCUT2D eigenvalue weighted by atomic mass is 10.1. The van der Waals surface area contributed by atoms with Gasteiger partial charge >= 0.3 is 0 Å². The number of sulfonamides is 1. The highest BCUT2D eigenvalue weighted by atomic mass is 32.2. The smallest absolute Gasteiger partial charge is 0.264 e. The van der Waals surface area contributed by atoms with Crippen molar-refractivity contribution in [3.8, 4) is 11.5 Å². The zero-order valence-electron chi connectivity index (χ0n) is 17.0.